The summed E-state index contributed by atoms with van der Waals surface area (Å²) >= 11 is 0. The van der Waals surface area contributed by atoms with Crippen LogP contribution in [0.3, 0.4) is 0 Å². The van der Waals surface area contributed by atoms with Gasteiger partial charge in [0.2, 0.25) is 0 Å². The highest BCUT2D eigenvalue weighted by molar-refractivity contribution is 6.46. The van der Waals surface area contributed by atoms with Crippen molar-refractivity contribution in [2.45, 2.75) is 26.3 Å². The number of Topliss-reactive ketones (excluding diaryl/α,β-unsaturated/α-hetero) is 1. The monoisotopic (exact) mass is 477 g/mol. The quantitative estimate of drug-likeness (QED) is 0.182. The lowest BCUT2D eigenvalue weighted by Gasteiger charge is -2.26. The second-order valence-corrected chi connectivity index (χ2v) is 8.93. The van der Waals surface area contributed by atoms with Crippen LogP contribution < -0.4 is 0 Å². The van der Waals surface area contributed by atoms with Crippen LogP contribution in [0.15, 0.2) is 48.2 Å². The number of carbonyl (C=O) groups excluding carboxylic acids is 2. The van der Waals surface area contributed by atoms with Crippen molar-refractivity contribution >= 4 is 28.8 Å². The van der Waals surface area contributed by atoms with E-state index in [1.165, 1.54) is 29.2 Å². The van der Waals surface area contributed by atoms with Gasteiger partial charge in [0.25, 0.3) is 17.4 Å². The molecule has 3 aromatic rings. The van der Waals surface area contributed by atoms with E-state index in [1.807, 2.05) is 38.1 Å². The Morgan fingerprint density at radius 3 is 2.49 bits per heavy atom. The minimum atomic E-state index is -0.882. The molecule has 1 fully saturated rings. The summed E-state index contributed by atoms with van der Waals surface area (Å²) in [6, 6.07) is 8.53. The summed E-state index contributed by atoms with van der Waals surface area (Å²) < 4.78 is 1.70. The first-order valence-corrected chi connectivity index (χ1v) is 11.2. The molecule has 1 amide bonds. The molecule has 35 heavy (non-hydrogen) atoms. The number of aromatic nitrogens is 2. The Bertz CT molecular complexity index is 1360. The van der Waals surface area contributed by atoms with Gasteiger partial charge >= 0.3 is 0 Å². The summed E-state index contributed by atoms with van der Waals surface area (Å²) in [5.41, 5.74) is 2.72. The van der Waals surface area contributed by atoms with Gasteiger partial charge in [-0.2, -0.15) is 0 Å². The predicted octanol–water partition coefficient (Wildman–Crippen LogP) is 3.23. The molecule has 0 bridgehead atoms. The van der Waals surface area contributed by atoms with Crippen molar-refractivity contribution in [3.8, 4) is 0 Å². The highest BCUT2D eigenvalue weighted by atomic mass is 16.6. The Morgan fingerprint density at radius 2 is 1.86 bits per heavy atom. The van der Waals surface area contributed by atoms with Gasteiger partial charge in [0, 0.05) is 24.9 Å². The van der Waals surface area contributed by atoms with Crippen LogP contribution in [0.2, 0.25) is 0 Å². The zero-order valence-corrected chi connectivity index (χ0v) is 20.1. The fourth-order valence-electron chi connectivity index (χ4n) is 4.52. The highest BCUT2D eigenvalue weighted by Gasteiger charge is 2.46. The molecule has 0 radical (unpaired) electrons. The van der Waals surface area contributed by atoms with Crippen molar-refractivity contribution in [3.05, 3.63) is 80.8 Å². The van der Waals surface area contributed by atoms with Gasteiger partial charge in [-0.25, -0.2) is 4.98 Å². The van der Waals surface area contributed by atoms with Crippen LogP contribution in [0.25, 0.3) is 11.4 Å². The van der Waals surface area contributed by atoms with Crippen molar-refractivity contribution in [1.82, 2.24) is 19.2 Å². The molecule has 10 nitrogen and oxygen atoms in total. The highest BCUT2D eigenvalue weighted by Crippen LogP contribution is 2.40. The molecule has 1 aromatic carbocycles. The Kier molecular flexibility index (Phi) is 6.40. The van der Waals surface area contributed by atoms with Crippen LogP contribution in [0, 0.1) is 24.0 Å². The van der Waals surface area contributed by atoms with Crippen molar-refractivity contribution in [2.24, 2.45) is 0 Å². The molecule has 182 valence electrons. The molecule has 4 rings (SSSR count). The predicted molar refractivity (Wildman–Crippen MR) is 130 cm³/mol. The van der Waals surface area contributed by atoms with Gasteiger partial charge in [-0.3, -0.25) is 24.1 Å². The molecular formula is C25H27N5O5. The molecule has 1 saturated heterocycles. The summed E-state index contributed by atoms with van der Waals surface area (Å²) in [5.74, 6) is -1.83. The number of ketones is 1. The van der Waals surface area contributed by atoms with Crippen molar-refractivity contribution in [1.29, 1.82) is 0 Å². The first kappa shape index (κ1) is 24.1. The van der Waals surface area contributed by atoms with Crippen molar-refractivity contribution < 1.29 is 19.6 Å². The van der Waals surface area contributed by atoms with Crippen LogP contribution >= 0.6 is 0 Å². The van der Waals surface area contributed by atoms with Crippen LogP contribution in [-0.4, -0.2) is 68.1 Å². The fourth-order valence-corrected chi connectivity index (χ4v) is 4.52. The molecule has 0 aliphatic carbocycles. The third kappa shape index (κ3) is 4.28. The molecule has 1 N–H and O–H groups in total. The summed E-state index contributed by atoms with van der Waals surface area (Å²) in [5, 5.41) is 22.6. The number of aliphatic hydroxyl groups excluding tert-OH is 1. The van der Waals surface area contributed by atoms with Gasteiger partial charge in [-0.05, 0) is 70.2 Å². The molecule has 1 aliphatic heterocycles. The Labute approximate surface area is 202 Å². The summed E-state index contributed by atoms with van der Waals surface area (Å²) in [7, 11) is 3.83. The lowest BCUT2D eigenvalue weighted by Crippen LogP contribution is -2.32. The molecule has 0 saturated carbocycles. The van der Waals surface area contributed by atoms with Gasteiger partial charge in [0.05, 0.1) is 22.2 Å². The number of nitro benzene ring substituents is 1. The van der Waals surface area contributed by atoms with Gasteiger partial charge in [0.1, 0.15) is 11.3 Å². The Hall–Kier alpha value is -4.05. The number of non-ortho nitro benzene ring substituents is 1. The number of hydrogen-bond acceptors (Lipinski definition) is 7. The maximum absolute atomic E-state index is 13.3. The lowest BCUT2D eigenvalue weighted by molar-refractivity contribution is -0.384. The number of nitro groups is 1. The topological polar surface area (TPSA) is 121 Å². The second kappa shape index (κ2) is 9.30. The molecular weight excluding hydrogens is 450 g/mol. The number of carbonyl (C=O) groups is 2. The maximum atomic E-state index is 13.3. The molecule has 0 unspecified atom stereocenters. The first-order valence-electron chi connectivity index (χ1n) is 11.2. The SMILES string of the molecule is Cc1nc2c(C)cccn2c1C(O)=C1C(=O)C(=O)N(CCCN(C)C)[C@H]1c1ccc([N+](=O)[O-])cc1. The summed E-state index contributed by atoms with van der Waals surface area (Å²) in [6.45, 7) is 4.61. The number of pyridine rings is 1. The van der Waals surface area contributed by atoms with Crippen LogP contribution in [0.4, 0.5) is 5.69 Å². The molecule has 3 heterocycles. The normalized spacial score (nSPS) is 17.6. The standard InChI is InChI=1S/C25H27N5O5/c1-15-7-5-13-28-20(16(2)26-24(15)28)22(31)19-21(17-8-10-18(11-9-17)30(34)35)29(25(33)23(19)32)14-6-12-27(3)4/h5,7-11,13,21,31H,6,12,14H2,1-4H3/t21-/m0/s1. The van der Waals surface area contributed by atoms with Crippen LogP contribution in [-0.2, 0) is 9.59 Å². The zero-order chi connectivity index (χ0) is 25.4. The van der Waals surface area contributed by atoms with E-state index in [9.17, 15) is 24.8 Å². The molecule has 10 heteroatoms. The molecule has 1 aliphatic rings. The van der Waals surface area contributed by atoms with E-state index in [4.69, 9.17) is 0 Å². The molecule has 2 aromatic heterocycles. The third-order valence-corrected chi connectivity index (χ3v) is 6.21. The van der Waals surface area contributed by atoms with E-state index in [0.29, 0.717) is 35.6 Å². The van der Waals surface area contributed by atoms with E-state index in [-0.39, 0.29) is 23.6 Å². The summed E-state index contributed by atoms with van der Waals surface area (Å²) in [6.07, 6.45) is 2.35. The van der Waals surface area contributed by atoms with E-state index in [1.54, 1.807) is 17.5 Å². The third-order valence-electron chi connectivity index (χ3n) is 6.21. The van der Waals surface area contributed by atoms with Gasteiger partial charge in [-0.15, -0.1) is 0 Å². The smallest absolute Gasteiger partial charge is 0.295 e. The molecule has 1 atom stereocenters. The van der Waals surface area contributed by atoms with E-state index in [2.05, 4.69) is 4.98 Å². The van der Waals surface area contributed by atoms with Gasteiger partial charge < -0.3 is 14.9 Å². The van der Waals surface area contributed by atoms with E-state index < -0.39 is 22.7 Å². The largest absolute Gasteiger partial charge is 0.505 e. The molecule has 0 spiro atoms. The van der Waals surface area contributed by atoms with E-state index >= 15 is 0 Å². The second-order valence-electron chi connectivity index (χ2n) is 8.93. The number of aliphatic hydroxyl groups is 1. The number of nitrogens with zero attached hydrogens (tertiary/aromatic N) is 5. The van der Waals surface area contributed by atoms with Gasteiger partial charge in [0.15, 0.2) is 5.76 Å². The fraction of sp³-hybridized carbons (Fsp3) is 0.320. The van der Waals surface area contributed by atoms with Crippen molar-refractivity contribution in [2.75, 3.05) is 27.2 Å². The lowest BCUT2D eigenvalue weighted by atomic mass is 9.96. The Morgan fingerprint density at radius 1 is 1.17 bits per heavy atom. The first-order chi connectivity index (χ1) is 16.6. The van der Waals surface area contributed by atoms with Crippen molar-refractivity contribution in [3.63, 3.8) is 0 Å². The minimum absolute atomic E-state index is 0.0555. The zero-order valence-electron chi connectivity index (χ0n) is 20.1. The number of fused-ring (bicyclic) bond motifs is 1. The van der Waals surface area contributed by atoms with E-state index in [0.717, 1.165) is 5.56 Å². The number of benzene rings is 1. The number of rotatable bonds is 7. The maximum Gasteiger partial charge on any atom is 0.295 e. The van der Waals surface area contributed by atoms with Crippen LogP contribution in [0.1, 0.15) is 35.0 Å². The average molecular weight is 478 g/mol. The van der Waals surface area contributed by atoms with Gasteiger partial charge in [-0.1, -0.05) is 6.07 Å². The van der Waals surface area contributed by atoms with Crippen LogP contribution in [0.5, 0.6) is 0 Å². The number of amides is 1. The summed E-state index contributed by atoms with van der Waals surface area (Å²) in [4.78, 5) is 45.0. The number of aryl methyl sites for hydroxylation is 2. The number of hydrogen-bond donors (Lipinski definition) is 1. The minimum Gasteiger partial charge on any atom is -0.505 e. The average Bonchev–Trinajstić information content (AvgIpc) is 3.28. The number of likely N-dealkylation sites (tertiary alicyclic amines) is 1. The number of imidazole rings is 1. The Balaban J connectivity index is 1.89.